The standard InChI is InChI=1S/C15H17NO2S2/c17-9-13-5-3-12(4-6-13)8-16-15(18)11-19-10-14-2-1-7-20-14/h1-7,17H,8-11H2,(H,16,18). The van der Waals surface area contributed by atoms with E-state index in [0.717, 1.165) is 16.9 Å². The van der Waals surface area contributed by atoms with Gasteiger partial charge in [0, 0.05) is 17.2 Å². The fraction of sp³-hybridized carbons (Fsp3) is 0.267. The number of nitrogens with one attached hydrogen (secondary N) is 1. The highest BCUT2D eigenvalue weighted by Crippen LogP contribution is 2.16. The maximum absolute atomic E-state index is 11.7. The van der Waals surface area contributed by atoms with E-state index < -0.39 is 0 Å². The fourth-order valence-electron chi connectivity index (χ4n) is 1.65. The lowest BCUT2D eigenvalue weighted by atomic mass is 10.1. The van der Waals surface area contributed by atoms with Crippen LogP contribution in [0.25, 0.3) is 0 Å². The highest BCUT2D eigenvalue weighted by Gasteiger charge is 2.02. The van der Waals surface area contributed by atoms with Crippen molar-refractivity contribution in [3.63, 3.8) is 0 Å². The van der Waals surface area contributed by atoms with Crippen LogP contribution in [0.15, 0.2) is 41.8 Å². The van der Waals surface area contributed by atoms with Crippen molar-refractivity contribution in [2.24, 2.45) is 0 Å². The molecular formula is C15H17NO2S2. The number of rotatable bonds is 7. The molecule has 0 unspecified atom stereocenters. The third-order valence-corrected chi connectivity index (χ3v) is 4.79. The first kappa shape index (κ1) is 15.1. The zero-order valence-corrected chi connectivity index (χ0v) is 12.7. The zero-order chi connectivity index (χ0) is 14.2. The first-order valence-electron chi connectivity index (χ1n) is 6.33. The van der Waals surface area contributed by atoms with Gasteiger partial charge in [-0.1, -0.05) is 30.3 Å². The zero-order valence-electron chi connectivity index (χ0n) is 11.0. The molecule has 5 heteroatoms. The molecule has 1 aromatic carbocycles. The summed E-state index contributed by atoms with van der Waals surface area (Å²) >= 11 is 3.34. The largest absolute Gasteiger partial charge is 0.392 e. The van der Waals surface area contributed by atoms with Gasteiger partial charge in [-0.05, 0) is 22.6 Å². The lowest BCUT2D eigenvalue weighted by Crippen LogP contribution is -2.24. The van der Waals surface area contributed by atoms with Crippen LogP contribution < -0.4 is 5.32 Å². The van der Waals surface area contributed by atoms with Gasteiger partial charge >= 0.3 is 0 Å². The molecule has 2 aromatic rings. The van der Waals surface area contributed by atoms with Crippen LogP contribution in [-0.2, 0) is 23.7 Å². The van der Waals surface area contributed by atoms with Crippen molar-refractivity contribution >= 4 is 29.0 Å². The van der Waals surface area contributed by atoms with Crippen LogP contribution in [0.4, 0.5) is 0 Å². The third-order valence-electron chi connectivity index (χ3n) is 2.75. The second-order valence-electron chi connectivity index (χ2n) is 4.32. The van der Waals surface area contributed by atoms with Crippen molar-refractivity contribution in [2.45, 2.75) is 18.9 Å². The number of thiophene rings is 1. The van der Waals surface area contributed by atoms with E-state index in [0.29, 0.717) is 12.3 Å². The molecule has 0 bridgehead atoms. The lowest BCUT2D eigenvalue weighted by Gasteiger charge is -2.05. The van der Waals surface area contributed by atoms with Crippen molar-refractivity contribution in [3.8, 4) is 0 Å². The van der Waals surface area contributed by atoms with Crippen LogP contribution in [0, 0.1) is 0 Å². The summed E-state index contributed by atoms with van der Waals surface area (Å²) < 4.78 is 0. The van der Waals surface area contributed by atoms with Gasteiger partial charge in [0.15, 0.2) is 0 Å². The highest BCUT2D eigenvalue weighted by atomic mass is 32.2. The Morgan fingerprint density at radius 3 is 2.60 bits per heavy atom. The van der Waals surface area contributed by atoms with Crippen molar-refractivity contribution in [1.82, 2.24) is 5.32 Å². The quantitative estimate of drug-likeness (QED) is 0.827. The molecule has 20 heavy (non-hydrogen) atoms. The molecule has 0 saturated heterocycles. The summed E-state index contributed by atoms with van der Waals surface area (Å²) in [4.78, 5) is 13.0. The minimum atomic E-state index is 0.0476. The van der Waals surface area contributed by atoms with Gasteiger partial charge in [0.25, 0.3) is 0 Å². The van der Waals surface area contributed by atoms with Crippen LogP contribution in [0.5, 0.6) is 0 Å². The Bertz CT molecular complexity index is 523. The van der Waals surface area contributed by atoms with Crippen LogP contribution in [-0.4, -0.2) is 16.8 Å². The Morgan fingerprint density at radius 2 is 1.95 bits per heavy atom. The molecule has 0 spiro atoms. The predicted molar refractivity (Wildman–Crippen MR) is 84.7 cm³/mol. The number of benzene rings is 1. The second kappa shape index (κ2) is 8.09. The smallest absolute Gasteiger partial charge is 0.230 e. The number of carbonyl (C=O) groups is 1. The molecule has 3 nitrogen and oxygen atoms in total. The van der Waals surface area contributed by atoms with Gasteiger partial charge in [-0.25, -0.2) is 0 Å². The molecule has 0 aliphatic rings. The molecule has 2 rings (SSSR count). The Balaban J connectivity index is 1.66. The summed E-state index contributed by atoms with van der Waals surface area (Å²) in [6, 6.07) is 11.7. The summed E-state index contributed by atoms with van der Waals surface area (Å²) in [6.07, 6.45) is 0. The van der Waals surface area contributed by atoms with E-state index in [1.54, 1.807) is 23.1 Å². The molecule has 0 atom stereocenters. The highest BCUT2D eigenvalue weighted by molar-refractivity contribution is 7.99. The fourth-order valence-corrected chi connectivity index (χ4v) is 3.35. The van der Waals surface area contributed by atoms with Crippen molar-refractivity contribution in [2.75, 3.05) is 5.75 Å². The van der Waals surface area contributed by atoms with Gasteiger partial charge in [0.05, 0.1) is 12.4 Å². The molecule has 0 aliphatic heterocycles. The first-order chi connectivity index (χ1) is 9.78. The number of thioether (sulfide) groups is 1. The number of hydrogen-bond acceptors (Lipinski definition) is 4. The van der Waals surface area contributed by atoms with E-state index in [-0.39, 0.29) is 12.5 Å². The molecule has 0 aliphatic carbocycles. The van der Waals surface area contributed by atoms with Gasteiger partial charge in [-0.2, -0.15) is 0 Å². The molecule has 2 N–H and O–H groups in total. The third kappa shape index (κ3) is 5.00. The van der Waals surface area contributed by atoms with Crippen LogP contribution in [0.3, 0.4) is 0 Å². The van der Waals surface area contributed by atoms with E-state index in [9.17, 15) is 4.79 Å². The van der Waals surface area contributed by atoms with Crippen LogP contribution in [0.1, 0.15) is 16.0 Å². The minimum absolute atomic E-state index is 0.0476. The summed E-state index contributed by atoms with van der Waals surface area (Å²) in [5.74, 6) is 1.42. The van der Waals surface area contributed by atoms with Crippen LogP contribution in [0.2, 0.25) is 0 Å². The van der Waals surface area contributed by atoms with Crippen molar-refractivity contribution in [3.05, 3.63) is 57.8 Å². The minimum Gasteiger partial charge on any atom is -0.392 e. The molecule has 0 saturated carbocycles. The molecule has 1 amide bonds. The molecule has 106 valence electrons. The number of aliphatic hydroxyl groups excluding tert-OH is 1. The molecular weight excluding hydrogens is 290 g/mol. The van der Waals surface area contributed by atoms with Crippen molar-refractivity contribution in [1.29, 1.82) is 0 Å². The Kier molecular flexibility index (Phi) is 6.11. The predicted octanol–water partition coefficient (Wildman–Crippen LogP) is 2.79. The van der Waals surface area contributed by atoms with E-state index >= 15 is 0 Å². The second-order valence-corrected chi connectivity index (χ2v) is 6.34. The average molecular weight is 307 g/mol. The van der Waals surface area contributed by atoms with E-state index in [4.69, 9.17) is 5.11 Å². The SMILES string of the molecule is O=C(CSCc1cccs1)NCc1ccc(CO)cc1. The van der Waals surface area contributed by atoms with Gasteiger partial charge < -0.3 is 10.4 Å². The Morgan fingerprint density at radius 1 is 1.20 bits per heavy atom. The topological polar surface area (TPSA) is 49.3 Å². The number of amides is 1. The summed E-state index contributed by atoms with van der Waals surface area (Å²) in [5.41, 5.74) is 1.92. The Labute approximate surface area is 127 Å². The first-order valence-corrected chi connectivity index (χ1v) is 8.37. The summed E-state index contributed by atoms with van der Waals surface area (Å²) in [5, 5.41) is 13.9. The summed E-state index contributed by atoms with van der Waals surface area (Å²) in [7, 11) is 0. The Hall–Kier alpha value is -1.30. The monoisotopic (exact) mass is 307 g/mol. The number of hydrogen-bond donors (Lipinski definition) is 2. The van der Waals surface area contributed by atoms with E-state index in [1.807, 2.05) is 35.7 Å². The molecule has 0 fully saturated rings. The molecule has 0 radical (unpaired) electrons. The number of carbonyl (C=O) groups excluding carboxylic acids is 1. The molecule has 1 aromatic heterocycles. The van der Waals surface area contributed by atoms with Crippen molar-refractivity contribution < 1.29 is 9.90 Å². The summed E-state index contributed by atoms with van der Waals surface area (Å²) in [6.45, 7) is 0.579. The van der Waals surface area contributed by atoms with Gasteiger partial charge in [0.1, 0.15) is 0 Å². The normalized spacial score (nSPS) is 10.4. The van der Waals surface area contributed by atoms with Gasteiger partial charge in [-0.3, -0.25) is 4.79 Å². The van der Waals surface area contributed by atoms with Gasteiger partial charge in [0.2, 0.25) is 5.91 Å². The molecule has 1 heterocycles. The van der Waals surface area contributed by atoms with E-state index in [1.165, 1.54) is 4.88 Å². The lowest BCUT2D eigenvalue weighted by molar-refractivity contribution is -0.118. The average Bonchev–Trinajstić information content (AvgIpc) is 2.99. The maximum Gasteiger partial charge on any atom is 0.230 e. The van der Waals surface area contributed by atoms with Gasteiger partial charge in [-0.15, -0.1) is 23.1 Å². The van der Waals surface area contributed by atoms with Crippen LogP contribution >= 0.6 is 23.1 Å². The number of aliphatic hydroxyl groups is 1. The van der Waals surface area contributed by atoms with E-state index in [2.05, 4.69) is 11.4 Å². The maximum atomic E-state index is 11.7.